The second kappa shape index (κ2) is 5.34. The molecule has 1 unspecified atom stereocenters. The molecule has 0 amide bonds. The number of anilines is 1. The molecule has 0 aromatic heterocycles. The molecule has 0 aliphatic carbocycles. The smallest absolute Gasteiger partial charge is 0.232 e. The van der Waals surface area contributed by atoms with Gasteiger partial charge < -0.3 is 0 Å². The van der Waals surface area contributed by atoms with Crippen molar-refractivity contribution < 1.29 is 8.42 Å². The van der Waals surface area contributed by atoms with Crippen LogP contribution in [0.4, 0.5) is 5.69 Å². The highest BCUT2D eigenvalue weighted by molar-refractivity contribution is 7.92. The zero-order valence-electron chi connectivity index (χ0n) is 10.0. The predicted octanol–water partition coefficient (Wildman–Crippen LogP) is 2.96. The van der Waals surface area contributed by atoms with E-state index >= 15 is 0 Å². The molecule has 0 radical (unpaired) electrons. The van der Waals surface area contributed by atoms with Crippen LogP contribution < -0.4 is 4.72 Å². The summed E-state index contributed by atoms with van der Waals surface area (Å²) < 4.78 is 25.7. The Labute approximate surface area is 97.9 Å². The molecule has 0 aliphatic heterocycles. The van der Waals surface area contributed by atoms with Crippen molar-refractivity contribution in [3.63, 3.8) is 0 Å². The van der Waals surface area contributed by atoms with Crippen molar-refractivity contribution in [3.8, 4) is 0 Å². The maximum absolute atomic E-state index is 11.5. The van der Waals surface area contributed by atoms with Gasteiger partial charge in [-0.15, -0.1) is 0 Å². The first-order valence-electron chi connectivity index (χ1n) is 5.59. The summed E-state index contributed by atoms with van der Waals surface area (Å²) in [5.74, 6) is 0.456. The standard InChI is InChI=1S/C12H19NO2S/c1-4-10(3)11-8-6-7-9-12(11)13-16(14,15)5-2/h6-10,13H,4-5H2,1-3H3. The van der Waals surface area contributed by atoms with E-state index < -0.39 is 10.0 Å². The van der Waals surface area contributed by atoms with Crippen LogP contribution in [0.15, 0.2) is 24.3 Å². The lowest BCUT2D eigenvalue weighted by Gasteiger charge is -2.15. The summed E-state index contributed by atoms with van der Waals surface area (Å²) in [4.78, 5) is 0. The van der Waals surface area contributed by atoms with Crippen LogP contribution in [0.3, 0.4) is 0 Å². The summed E-state index contributed by atoms with van der Waals surface area (Å²) in [5.41, 5.74) is 1.76. The number of rotatable bonds is 5. The average molecular weight is 241 g/mol. The van der Waals surface area contributed by atoms with Crippen molar-refractivity contribution in [2.75, 3.05) is 10.5 Å². The van der Waals surface area contributed by atoms with Gasteiger partial charge in [0.15, 0.2) is 0 Å². The Balaban J connectivity index is 3.05. The van der Waals surface area contributed by atoms with Crippen LogP contribution in [0.1, 0.15) is 38.7 Å². The number of para-hydroxylation sites is 1. The van der Waals surface area contributed by atoms with E-state index in [0.717, 1.165) is 12.0 Å². The van der Waals surface area contributed by atoms with Gasteiger partial charge >= 0.3 is 0 Å². The molecule has 0 aliphatic rings. The van der Waals surface area contributed by atoms with Crippen LogP contribution in [0.2, 0.25) is 0 Å². The summed E-state index contributed by atoms with van der Waals surface area (Å²) in [6.45, 7) is 5.82. The van der Waals surface area contributed by atoms with Gasteiger partial charge in [-0.2, -0.15) is 0 Å². The highest BCUT2D eigenvalue weighted by Crippen LogP contribution is 2.27. The topological polar surface area (TPSA) is 46.2 Å². The molecular formula is C12H19NO2S. The van der Waals surface area contributed by atoms with E-state index in [1.165, 1.54) is 0 Å². The molecule has 4 heteroatoms. The molecule has 1 aromatic rings. The minimum Gasteiger partial charge on any atom is -0.283 e. The van der Waals surface area contributed by atoms with Crippen molar-refractivity contribution in [1.29, 1.82) is 0 Å². The Morgan fingerprint density at radius 1 is 1.25 bits per heavy atom. The summed E-state index contributed by atoms with van der Waals surface area (Å²) in [5, 5.41) is 0. The van der Waals surface area contributed by atoms with E-state index in [0.29, 0.717) is 11.6 Å². The molecule has 90 valence electrons. The van der Waals surface area contributed by atoms with Gasteiger partial charge in [-0.05, 0) is 30.9 Å². The highest BCUT2D eigenvalue weighted by atomic mass is 32.2. The number of nitrogens with one attached hydrogen (secondary N) is 1. The first-order chi connectivity index (χ1) is 7.50. The lowest BCUT2D eigenvalue weighted by atomic mass is 9.97. The lowest BCUT2D eigenvalue weighted by molar-refractivity contribution is 0.602. The predicted molar refractivity (Wildman–Crippen MR) is 68.2 cm³/mol. The molecule has 3 nitrogen and oxygen atoms in total. The zero-order valence-corrected chi connectivity index (χ0v) is 10.8. The summed E-state index contributed by atoms with van der Waals surface area (Å²) in [6.07, 6.45) is 0.991. The molecule has 1 aromatic carbocycles. The highest BCUT2D eigenvalue weighted by Gasteiger charge is 2.12. The van der Waals surface area contributed by atoms with Gasteiger partial charge in [0.1, 0.15) is 0 Å². The van der Waals surface area contributed by atoms with E-state index in [9.17, 15) is 8.42 Å². The zero-order chi connectivity index (χ0) is 12.2. The monoisotopic (exact) mass is 241 g/mol. The molecule has 0 saturated heterocycles. The molecule has 1 atom stereocenters. The van der Waals surface area contributed by atoms with E-state index in [4.69, 9.17) is 0 Å². The van der Waals surface area contributed by atoms with Gasteiger partial charge in [0.2, 0.25) is 10.0 Å². The van der Waals surface area contributed by atoms with E-state index in [1.54, 1.807) is 6.92 Å². The third-order valence-corrected chi connectivity index (χ3v) is 4.04. The van der Waals surface area contributed by atoms with E-state index in [-0.39, 0.29) is 5.75 Å². The second-order valence-electron chi connectivity index (χ2n) is 3.90. The third-order valence-electron chi connectivity index (χ3n) is 2.75. The Kier molecular flexibility index (Phi) is 4.35. The number of hydrogen-bond donors (Lipinski definition) is 1. The molecule has 0 saturated carbocycles. The van der Waals surface area contributed by atoms with Crippen molar-refractivity contribution in [1.82, 2.24) is 0 Å². The average Bonchev–Trinajstić information content (AvgIpc) is 2.28. The molecule has 0 fully saturated rings. The van der Waals surface area contributed by atoms with Crippen LogP contribution >= 0.6 is 0 Å². The van der Waals surface area contributed by atoms with Crippen molar-refractivity contribution in [2.24, 2.45) is 0 Å². The molecule has 0 spiro atoms. The first kappa shape index (κ1) is 13.0. The summed E-state index contributed by atoms with van der Waals surface area (Å²) in [7, 11) is -3.19. The second-order valence-corrected chi connectivity index (χ2v) is 5.91. The number of benzene rings is 1. The largest absolute Gasteiger partial charge is 0.283 e. The van der Waals surface area contributed by atoms with Crippen molar-refractivity contribution in [2.45, 2.75) is 33.1 Å². The van der Waals surface area contributed by atoms with Gasteiger partial charge in [0.25, 0.3) is 0 Å². The fraction of sp³-hybridized carbons (Fsp3) is 0.500. The molecule has 1 rings (SSSR count). The van der Waals surface area contributed by atoms with Crippen LogP contribution in [-0.4, -0.2) is 14.2 Å². The quantitative estimate of drug-likeness (QED) is 0.861. The van der Waals surface area contributed by atoms with Gasteiger partial charge in [0, 0.05) is 0 Å². The SMILES string of the molecule is CCC(C)c1ccccc1NS(=O)(=O)CC. The van der Waals surface area contributed by atoms with Gasteiger partial charge in [-0.3, -0.25) is 4.72 Å². The molecule has 1 N–H and O–H groups in total. The molecule has 0 heterocycles. The summed E-state index contributed by atoms with van der Waals surface area (Å²) in [6, 6.07) is 7.57. The Bertz CT molecular complexity index is 440. The molecular weight excluding hydrogens is 222 g/mol. The van der Waals surface area contributed by atoms with Gasteiger partial charge in [0.05, 0.1) is 11.4 Å². The number of sulfonamides is 1. The van der Waals surface area contributed by atoms with E-state index in [2.05, 4.69) is 18.6 Å². The Morgan fingerprint density at radius 2 is 1.88 bits per heavy atom. The fourth-order valence-electron chi connectivity index (χ4n) is 1.48. The van der Waals surface area contributed by atoms with Crippen LogP contribution in [-0.2, 0) is 10.0 Å². The maximum atomic E-state index is 11.5. The maximum Gasteiger partial charge on any atom is 0.232 e. The van der Waals surface area contributed by atoms with Crippen LogP contribution in [0, 0.1) is 0 Å². The normalized spacial score (nSPS) is 13.4. The first-order valence-corrected chi connectivity index (χ1v) is 7.24. The minimum atomic E-state index is -3.19. The van der Waals surface area contributed by atoms with Gasteiger partial charge in [-0.1, -0.05) is 32.0 Å². The van der Waals surface area contributed by atoms with Crippen LogP contribution in [0.25, 0.3) is 0 Å². The Morgan fingerprint density at radius 3 is 2.44 bits per heavy atom. The molecule has 0 bridgehead atoms. The fourth-order valence-corrected chi connectivity index (χ4v) is 2.14. The third kappa shape index (κ3) is 3.23. The Hall–Kier alpha value is -1.03. The minimum absolute atomic E-state index is 0.0990. The van der Waals surface area contributed by atoms with Crippen molar-refractivity contribution >= 4 is 15.7 Å². The van der Waals surface area contributed by atoms with Crippen molar-refractivity contribution in [3.05, 3.63) is 29.8 Å². The molecule has 16 heavy (non-hydrogen) atoms. The van der Waals surface area contributed by atoms with Crippen LogP contribution in [0.5, 0.6) is 0 Å². The van der Waals surface area contributed by atoms with Gasteiger partial charge in [-0.25, -0.2) is 8.42 Å². The van der Waals surface area contributed by atoms with E-state index in [1.807, 2.05) is 24.3 Å². The number of hydrogen-bond acceptors (Lipinski definition) is 2. The summed E-state index contributed by atoms with van der Waals surface area (Å²) >= 11 is 0. The lowest BCUT2D eigenvalue weighted by Crippen LogP contribution is -2.16.